The summed E-state index contributed by atoms with van der Waals surface area (Å²) in [6.45, 7) is 6.46. The van der Waals surface area contributed by atoms with E-state index in [1.165, 1.54) is 6.26 Å². The molecule has 0 bridgehead atoms. The molecule has 0 amide bonds. The summed E-state index contributed by atoms with van der Waals surface area (Å²) in [5.41, 5.74) is 1.81. The van der Waals surface area contributed by atoms with Gasteiger partial charge in [0.1, 0.15) is 23.8 Å². The first-order chi connectivity index (χ1) is 12.6. The molecule has 2 rings (SSSR count). The third kappa shape index (κ3) is 7.46. The zero-order chi connectivity index (χ0) is 20.1. The fourth-order valence-electron chi connectivity index (χ4n) is 2.84. The van der Waals surface area contributed by atoms with E-state index in [-0.39, 0.29) is 11.8 Å². The van der Waals surface area contributed by atoms with Crippen molar-refractivity contribution in [2.45, 2.75) is 32.0 Å². The third-order valence-electron chi connectivity index (χ3n) is 3.87. The highest BCUT2D eigenvalue weighted by atomic mass is 32.2. The van der Waals surface area contributed by atoms with Crippen LogP contribution in [0.25, 0.3) is 0 Å². The molecule has 0 heterocycles. The minimum Gasteiger partial charge on any atom is -0.461 e. The maximum Gasteiger partial charge on any atom is 0.226 e. The molecule has 0 aliphatic rings. The van der Waals surface area contributed by atoms with Gasteiger partial charge >= 0.3 is 0 Å². The average molecular weight is 408 g/mol. The number of ether oxygens (including phenoxy) is 2. The Balaban J connectivity index is 2.27. The van der Waals surface area contributed by atoms with E-state index in [1.54, 1.807) is 7.11 Å². The van der Waals surface area contributed by atoms with Crippen molar-refractivity contribution in [1.29, 1.82) is 0 Å². The molecular formula is C20H29NO4SSi. The zero-order valence-corrected chi connectivity index (χ0v) is 18.4. The highest BCUT2D eigenvalue weighted by molar-refractivity contribution is 7.90. The van der Waals surface area contributed by atoms with E-state index >= 15 is 0 Å². The van der Waals surface area contributed by atoms with E-state index in [2.05, 4.69) is 24.6 Å². The van der Waals surface area contributed by atoms with Gasteiger partial charge in [0.2, 0.25) is 6.29 Å². The highest BCUT2D eigenvalue weighted by Gasteiger charge is 2.24. The Morgan fingerprint density at radius 2 is 1.63 bits per heavy atom. The molecule has 0 aliphatic heterocycles. The summed E-state index contributed by atoms with van der Waals surface area (Å²) in [5, 5.41) is 0. The van der Waals surface area contributed by atoms with Gasteiger partial charge in [0.05, 0.1) is 5.75 Å². The van der Waals surface area contributed by atoms with Crippen LogP contribution in [0.2, 0.25) is 19.6 Å². The monoisotopic (exact) mass is 407 g/mol. The number of nitrogens with one attached hydrogen (secondary N) is 1. The molecule has 148 valence electrons. The lowest BCUT2D eigenvalue weighted by Gasteiger charge is -2.27. The lowest BCUT2D eigenvalue weighted by atomic mass is 10.1. The van der Waals surface area contributed by atoms with Crippen molar-refractivity contribution in [3.63, 3.8) is 0 Å². The number of sulfone groups is 1. The Bertz CT molecular complexity index is 835. The van der Waals surface area contributed by atoms with E-state index in [0.717, 1.165) is 11.1 Å². The molecule has 0 saturated heterocycles. The lowest BCUT2D eigenvalue weighted by molar-refractivity contribution is -0.0562. The second-order valence-corrected chi connectivity index (χ2v) is 14.7. The van der Waals surface area contributed by atoms with Crippen molar-refractivity contribution < 1.29 is 17.9 Å². The molecule has 0 aliphatic carbocycles. The Labute approximate surface area is 163 Å². The van der Waals surface area contributed by atoms with Crippen molar-refractivity contribution in [1.82, 2.24) is 4.98 Å². The minimum absolute atomic E-state index is 0.0487. The molecule has 1 N–H and O–H groups in total. The number of benzene rings is 2. The number of methoxy groups -OCH3 is 1. The van der Waals surface area contributed by atoms with Crippen LogP contribution < -0.4 is 9.72 Å². The van der Waals surface area contributed by atoms with Gasteiger partial charge in [0.15, 0.2) is 0 Å². The molecule has 0 saturated carbocycles. The SMILES string of the molecule is COC(Oc1cccc(C(CS(C)(=O)=O)N[Si](C)(C)C)c1)c1ccccc1. The van der Waals surface area contributed by atoms with Crippen LogP contribution in [-0.4, -0.2) is 35.8 Å². The minimum atomic E-state index is -3.13. The fourth-order valence-corrected chi connectivity index (χ4v) is 5.18. The molecule has 0 spiro atoms. The summed E-state index contributed by atoms with van der Waals surface area (Å²) >= 11 is 0. The van der Waals surface area contributed by atoms with Crippen molar-refractivity contribution in [3.8, 4) is 5.75 Å². The predicted octanol–water partition coefficient (Wildman–Crippen LogP) is 3.92. The number of hydrogen-bond donors (Lipinski definition) is 1. The molecule has 7 heteroatoms. The second-order valence-electron chi connectivity index (χ2n) is 7.71. The normalized spacial score (nSPS) is 14.6. The molecule has 0 radical (unpaired) electrons. The topological polar surface area (TPSA) is 64.6 Å². The summed E-state index contributed by atoms with van der Waals surface area (Å²) in [6.07, 6.45) is 0.738. The van der Waals surface area contributed by atoms with Crippen molar-refractivity contribution >= 4 is 18.1 Å². The summed E-state index contributed by atoms with van der Waals surface area (Å²) in [4.78, 5) is 3.53. The molecule has 2 atom stereocenters. The van der Waals surface area contributed by atoms with Gasteiger partial charge in [-0.05, 0) is 17.7 Å². The van der Waals surface area contributed by atoms with E-state index in [4.69, 9.17) is 9.47 Å². The van der Waals surface area contributed by atoms with Gasteiger partial charge in [-0.3, -0.25) is 0 Å². The Morgan fingerprint density at radius 3 is 2.19 bits per heavy atom. The van der Waals surface area contributed by atoms with E-state index in [9.17, 15) is 8.42 Å². The van der Waals surface area contributed by atoms with E-state index in [0.29, 0.717) is 5.75 Å². The molecule has 5 nitrogen and oxygen atoms in total. The smallest absolute Gasteiger partial charge is 0.226 e. The first-order valence-corrected chi connectivity index (χ1v) is 14.4. The van der Waals surface area contributed by atoms with Gasteiger partial charge in [-0.2, -0.15) is 0 Å². The van der Waals surface area contributed by atoms with Crippen molar-refractivity contribution in [3.05, 3.63) is 65.7 Å². The molecule has 0 aromatic heterocycles. The Kier molecular flexibility index (Phi) is 7.22. The number of rotatable bonds is 9. The van der Waals surface area contributed by atoms with Gasteiger partial charge in [-0.1, -0.05) is 62.1 Å². The van der Waals surface area contributed by atoms with Crippen LogP contribution in [-0.2, 0) is 14.6 Å². The fraction of sp³-hybridized carbons (Fsp3) is 0.400. The standard InChI is InChI=1S/C20H29NO4SSi/c1-24-20(16-10-7-6-8-11-16)25-18-13-9-12-17(14-18)19(15-26(2,22)23)21-27(3,4)5/h6-14,19-21H,15H2,1-5H3. The van der Waals surface area contributed by atoms with Gasteiger partial charge in [-0.25, -0.2) is 8.42 Å². The summed E-state index contributed by atoms with van der Waals surface area (Å²) < 4.78 is 35.3. The molecule has 2 aromatic carbocycles. The quantitative estimate of drug-likeness (QED) is 0.504. The van der Waals surface area contributed by atoms with Gasteiger partial charge in [0, 0.05) is 25.0 Å². The number of hydrogen-bond acceptors (Lipinski definition) is 5. The van der Waals surface area contributed by atoms with Crippen LogP contribution in [0.4, 0.5) is 0 Å². The van der Waals surface area contributed by atoms with Crippen LogP contribution in [0.5, 0.6) is 5.75 Å². The second kappa shape index (κ2) is 9.01. The average Bonchev–Trinajstić information content (AvgIpc) is 2.58. The maximum absolute atomic E-state index is 11.9. The van der Waals surface area contributed by atoms with Crippen LogP contribution >= 0.6 is 0 Å². The van der Waals surface area contributed by atoms with E-state index < -0.39 is 24.4 Å². The van der Waals surface area contributed by atoms with Crippen LogP contribution in [0, 0.1) is 0 Å². The first kappa shape index (κ1) is 21.6. The molecule has 0 fully saturated rings. The maximum atomic E-state index is 11.9. The third-order valence-corrected chi connectivity index (χ3v) is 6.02. The predicted molar refractivity (Wildman–Crippen MR) is 112 cm³/mol. The first-order valence-electron chi connectivity index (χ1n) is 8.87. The molecule has 2 aromatic rings. The summed E-state index contributed by atoms with van der Waals surface area (Å²) in [6, 6.07) is 17.0. The van der Waals surface area contributed by atoms with Crippen molar-refractivity contribution in [2.75, 3.05) is 19.1 Å². The molecule has 27 heavy (non-hydrogen) atoms. The van der Waals surface area contributed by atoms with Gasteiger partial charge in [0.25, 0.3) is 0 Å². The molecule has 2 unspecified atom stereocenters. The summed E-state index contributed by atoms with van der Waals surface area (Å²) in [7, 11) is -3.23. The van der Waals surface area contributed by atoms with Crippen molar-refractivity contribution in [2.24, 2.45) is 0 Å². The van der Waals surface area contributed by atoms with Crippen LogP contribution in [0.15, 0.2) is 54.6 Å². The summed E-state index contributed by atoms with van der Waals surface area (Å²) in [5.74, 6) is 0.687. The zero-order valence-electron chi connectivity index (χ0n) is 16.6. The van der Waals surface area contributed by atoms with Crippen LogP contribution in [0.1, 0.15) is 23.5 Å². The van der Waals surface area contributed by atoms with Crippen LogP contribution in [0.3, 0.4) is 0 Å². The largest absolute Gasteiger partial charge is 0.461 e. The molecular weight excluding hydrogens is 378 g/mol. The Morgan fingerprint density at radius 1 is 1.00 bits per heavy atom. The highest BCUT2D eigenvalue weighted by Crippen LogP contribution is 2.26. The Hall–Kier alpha value is -1.67. The van der Waals surface area contributed by atoms with Gasteiger partial charge in [-0.15, -0.1) is 0 Å². The lowest BCUT2D eigenvalue weighted by Crippen LogP contribution is -2.45. The van der Waals surface area contributed by atoms with Gasteiger partial charge < -0.3 is 14.5 Å². The van der Waals surface area contributed by atoms with E-state index in [1.807, 2.05) is 54.6 Å².